The molecule has 0 heterocycles. The van der Waals surface area contributed by atoms with E-state index in [2.05, 4.69) is 4.72 Å². The van der Waals surface area contributed by atoms with E-state index in [1.807, 2.05) is 24.3 Å². The van der Waals surface area contributed by atoms with Crippen molar-refractivity contribution in [2.45, 2.75) is 11.4 Å². The van der Waals surface area contributed by atoms with Crippen LogP contribution in [-0.2, 0) is 6.54 Å². The predicted molar refractivity (Wildman–Crippen MR) is 54.0 cm³/mol. The zero-order valence-electron chi connectivity index (χ0n) is 8.99. The van der Waals surface area contributed by atoms with Gasteiger partial charge in [-0.3, -0.25) is 4.72 Å². The molecular weight excluding hydrogens is 209 g/mol. The minimum atomic E-state index is -0.548. The van der Waals surface area contributed by atoms with Gasteiger partial charge in [-0.05, 0) is 29.6 Å². The Bertz CT molecular complexity index is 296. The number of nitrogens with one attached hydrogen (secondary N) is 1. The van der Waals surface area contributed by atoms with Gasteiger partial charge in [-0.25, -0.2) is 4.79 Å². The Morgan fingerprint density at radius 1 is 1.43 bits per heavy atom. The summed E-state index contributed by atoms with van der Waals surface area (Å²) in [4.78, 5) is 11.3. The van der Waals surface area contributed by atoms with E-state index in [0.717, 1.165) is 10.5 Å². The summed E-state index contributed by atoms with van der Waals surface area (Å²) in [5.41, 5.74) is 11.4. The number of carbonyl (C=O) groups is 1. The van der Waals surface area contributed by atoms with Crippen LogP contribution >= 0.6 is 11.9 Å². The van der Waals surface area contributed by atoms with E-state index in [0.29, 0.717) is 6.54 Å². The van der Waals surface area contributed by atoms with Gasteiger partial charge in [-0.2, -0.15) is 0 Å². The molecule has 0 unspecified atom stereocenters. The van der Waals surface area contributed by atoms with Crippen molar-refractivity contribution in [2.75, 3.05) is 0 Å². The van der Waals surface area contributed by atoms with Gasteiger partial charge in [0, 0.05) is 11.4 Å². The van der Waals surface area contributed by atoms with Gasteiger partial charge in [0.15, 0.2) is 0 Å². The molecule has 0 aromatic heterocycles. The number of primary amides is 1. The van der Waals surface area contributed by atoms with Gasteiger partial charge in [0.1, 0.15) is 0 Å². The Balaban J connectivity index is 0. The van der Waals surface area contributed by atoms with Crippen LogP contribution in [-0.4, -0.2) is 6.03 Å². The molecule has 0 aliphatic rings. The normalized spacial score (nSPS) is 8.93. The van der Waals surface area contributed by atoms with Gasteiger partial charge >= 0.3 is 35.6 Å². The van der Waals surface area contributed by atoms with Gasteiger partial charge in [0.05, 0.1) is 0 Å². The van der Waals surface area contributed by atoms with Crippen molar-refractivity contribution in [1.29, 1.82) is 0 Å². The van der Waals surface area contributed by atoms with Gasteiger partial charge in [-0.1, -0.05) is 12.1 Å². The standard InChI is InChI=1S/C8H11N3OS.Na.H/c9-5-6-1-3-7(4-2-6)13-11-8(10)12;;/h1-4H,5,9H2,(H3,10,11,12);;/q;+1;-1. The van der Waals surface area contributed by atoms with Gasteiger partial charge in [0.2, 0.25) is 0 Å². The SMILES string of the molecule is NCc1ccc(SNC(N)=O)cc1.[H-].[Na+]. The first-order chi connectivity index (χ1) is 6.22. The van der Waals surface area contributed by atoms with E-state index in [1.165, 1.54) is 11.9 Å². The Morgan fingerprint density at radius 3 is 2.43 bits per heavy atom. The molecular formula is C8H12N3NaOS. The summed E-state index contributed by atoms with van der Waals surface area (Å²) in [6.45, 7) is 0.522. The molecule has 0 aliphatic carbocycles. The molecule has 4 nitrogen and oxygen atoms in total. The largest absolute Gasteiger partial charge is 1.00 e. The van der Waals surface area contributed by atoms with Crippen LogP contribution < -0.4 is 45.7 Å². The third-order valence-corrected chi connectivity index (χ3v) is 2.24. The molecule has 0 saturated carbocycles. The Morgan fingerprint density at radius 2 is 2.00 bits per heavy atom. The monoisotopic (exact) mass is 221 g/mol. The molecule has 1 rings (SSSR count). The van der Waals surface area contributed by atoms with Crippen molar-refractivity contribution in [3.8, 4) is 0 Å². The van der Waals surface area contributed by atoms with E-state index in [-0.39, 0.29) is 31.0 Å². The van der Waals surface area contributed by atoms with Gasteiger partial charge < -0.3 is 12.9 Å². The maximum absolute atomic E-state index is 10.4. The molecule has 0 radical (unpaired) electrons. The molecule has 14 heavy (non-hydrogen) atoms. The van der Waals surface area contributed by atoms with Crippen molar-refractivity contribution >= 4 is 18.0 Å². The molecule has 0 fully saturated rings. The van der Waals surface area contributed by atoms with Crippen LogP contribution in [0.2, 0.25) is 0 Å². The average Bonchev–Trinajstić information content (AvgIpc) is 2.15. The maximum atomic E-state index is 10.4. The van der Waals surface area contributed by atoms with Crippen LogP contribution in [0.15, 0.2) is 29.2 Å². The van der Waals surface area contributed by atoms with E-state index in [4.69, 9.17) is 11.5 Å². The van der Waals surface area contributed by atoms with Crippen LogP contribution in [0.25, 0.3) is 0 Å². The molecule has 1 aromatic rings. The average molecular weight is 221 g/mol. The first-order valence-corrected chi connectivity index (χ1v) is 4.55. The molecule has 0 aliphatic heterocycles. The summed E-state index contributed by atoms with van der Waals surface area (Å²) in [6.07, 6.45) is 0. The fourth-order valence-corrected chi connectivity index (χ4v) is 1.29. The molecule has 1 aromatic carbocycles. The Labute approximate surface area is 111 Å². The van der Waals surface area contributed by atoms with Crippen molar-refractivity contribution in [3.63, 3.8) is 0 Å². The minimum Gasteiger partial charge on any atom is -1.00 e. The molecule has 2 amide bonds. The van der Waals surface area contributed by atoms with E-state index in [9.17, 15) is 4.79 Å². The van der Waals surface area contributed by atoms with E-state index in [1.54, 1.807) is 0 Å². The summed E-state index contributed by atoms with van der Waals surface area (Å²) in [6, 6.07) is 7.02. The number of nitrogens with two attached hydrogens (primary N) is 2. The molecule has 6 heteroatoms. The number of urea groups is 1. The number of benzene rings is 1. The number of rotatable bonds is 3. The fraction of sp³-hybridized carbons (Fsp3) is 0.125. The zero-order chi connectivity index (χ0) is 9.68. The van der Waals surface area contributed by atoms with Crippen LogP contribution in [0.3, 0.4) is 0 Å². The van der Waals surface area contributed by atoms with Gasteiger partial charge in [-0.15, -0.1) is 0 Å². The summed E-state index contributed by atoms with van der Waals surface area (Å²) in [5.74, 6) is 0. The summed E-state index contributed by atoms with van der Waals surface area (Å²) in [5, 5.41) is 0. The molecule has 0 atom stereocenters. The molecule has 0 bridgehead atoms. The molecule has 72 valence electrons. The summed E-state index contributed by atoms with van der Waals surface area (Å²) < 4.78 is 2.42. The number of amides is 2. The quantitative estimate of drug-likeness (QED) is 0.405. The first kappa shape index (κ1) is 13.8. The van der Waals surface area contributed by atoms with Crippen molar-refractivity contribution in [2.24, 2.45) is 11.5 Å². The van der Waals surface area contributed by atoms with E-state index < -0.39 is 6.03 Å². The minimum absolute atomic E-state index is 0. The van der Waals surface area contributed by atoms with Crippen LogP contribution in [0, 0.1) is 0 Å². The number of hydrogen-bond acceptors (Lipinski definition) is 3. The molecule has 5 N–H and O–H groups in total. The Kier molecular flexibility index (Phi) is 7.04. The number of carbonyl (C=O) groups excluding carboxylic acids is 1. The van der Waals surface area contributed by atoms with Crippen LogP contribution in [0.4, 0.5) is 4.79 Å². The predicted octanol–water partition coefficient (Wildman–Crippen LogP) is -2.06. The van der Waals surface area contributed by atoms with Crippen LogP contribution in [0.1, 0.15) is 6.99 Å². The third-order valence-electron chi connectivity index (χ3n) is 1.43. The van der Waals surface area contributed by atoms with Gasteiger partial charge in [0.25, 0.3) is 0 Å². The molecule has 0 saturated heterocycles. The Hall–Kier alpha value is -0.200. The molecule has 0 spiro atoms. The number of hydrogen-bond donors (Lipinski definition) is 3. The third kappa shape index (κ3) is 4.88. The zero-order valence-corrected chi connectivity index (χ0v) is 10.8. The van der Waals surface area contributed by atoms with Crippen molar-refractivity contribution in [1.82, 2.24) is 4.72 Å². The fourth-order valence-electron chi connectivity index (χ4n) is 0.803. The summed E-state index contributed by atoms with van der Waals surface area (Å²) in [7, 11) is 0. The second-order valence-corrected chi connectivity index (χ2v) is 3.30. The van der Waals surface area contributed by atoms with E-state index >= 15 is 0 Å². The first-order valence-electron chi connectivity index (χ1n) is 3.73. The maximum Gasteiger partial charge on any atom is 1.00 e. The second kappa shape index (κ2) is 7.14. The van der Waals surface area contributed by atoms with Crippen LogP contribution in [0.5, 0.6) is 0 Å². The smallest absolute Gasteiger partial charge is 1.00 e. The van der Waals surface area contributed by atoms with Crippen molar-refractivity contribution in [3.05, 3.63) is 29.8 Å². The summed E-state index contributed by atoms with van der Waals surface area (Å²) >= 11 is 1.18. The second-order valence-electron chi connectivity index (χ2n) is 2.42. The van der Waals surface area contributed by atoms with Crippen molar-refractivity contribution < 1.29 is 35.8 Å². The topological polar surface area (TPSA) is 81.1 Å².